The normalized spacial score (nSPS) is 19.6. The molecule has 1 aliphatic heterocycles. The molecule has 0 unspecified atom stereocenters. The van der Waals surface area contributed by atoms with Crippen molar-refractivity contribution in [2.75, 3.05) is 0 Å². The van der Waals surface area contributed by atoms with E-state index in [1.807, 2.05) is 20.1 Å². The highest BCUT2D eigenvalue weighted by atomic mass is 32.2. The van der Waals surface area contributed by atoms with Crippen LogP contribution in [0.1, 0.15) is 27.7 Å². The zero-order valence-electron chi connectivity index (χ0n) is 6.96. The van der Waals surface area contributed by atoms with Gasteiger partial charge in [-0.3, -0.25) is 0 Å². The number of hydrogen-bond donors (Lipinski definition) is 0. The molecule has 3 heteroatoms. The Bertz CT molecular complexity index is 139. The van der Waals surface area contributed by atoms with Crippen molar-refractivity contribution in [2.45, 2.75) is 32.4 Å². The summed E-state index contributed by atoms with van der Waals surface area (Å²) in [6.45, 7) is 8.21. The Morgan fingerprint density at radius 1 is 1.20 bits per heavy atom. The Balaban J connectivity index is 0.000000371. The van der Waals surface area contributed by atoms with Crippen LogP contribution in [0.25, 0.3) is 0 Å². The maximum Gasteiger partial charge on any atom is 0.0833 e. The third kappa shape index (κ3) is 3.67. The fourth-order valence-corrected chi connectivity index (χ4v) is 0.871. The summed E-state index contributed by atoms with van der Waals surface area (Å²) in [5.41, 5.74) is 1.76. The first kappa shape index (κ1) is 9.69. The SMILES string of the molecule is CC.CC1(C)C=NN=CS1. The summed E-state index contributed by atoms with van der Waals surface area (Å²) < 4.78 is 0.155. The Kier molecular flexibility index (Phi) is 4.36. The van der Waals surface area contributed by atoms with Crippen molar-refractivity contribution in [3.8, 4) is 0 Å². The lowest BCUT2D eigenvalue weighted by atomic mass is 10.2. The number of hydrogen-bond acceptors (Lipinski definition) is 3. The van der Waals surface area contributed by atoms with Crippen molar-refractivity contribution < 1.29 is 0 Å². The van der Waals surface area contributed by atoms with Crippen molar-refractivity contribution in [1.82, 2.24) is 0 Å². The first-order chi connectivity index (χ1) is 4.71. The average Bonchev–Trinajstić information content (AvgIpc) is 1.92. The van der Waals surface area contributed by atoms with Crippen molar-refractivity contribution in [3.05, 3.63) is 0 Å². The third-order valence-corrected chi connectivity index (χ3v) is 1.75. The molecule has 0 fully saturated rings. The molecule has 0 aromatic heterocycles. The predicted molar refractivity (Wildman–Crippen MR) is 50.0 cm³/mol. The van der Waals surface area contributed by atoms with Crippen LogP contribution in [0.5, 0.6) is 0 Å². The molecule has 0 aromatic rings. The van der Waals surface area contributed by atoms with E-state index in [2.05, 4.69) is 24.1 Å². The second-order valence-electron chi connectivity index (χ2n) is 2.19. The highest BCUT2D eigenvalue weighted by Crippen LogP contribution is 2.21. The van der Waals surface area contributed by atoms with E-state index in [0.29, 0.717) is 0 Å². The molecule has 0 aliphatic carbocycles. The van der Waals surface area contributed by atoms with Gasteiger partial charge in [0.05, 0.1) is 10.3 Å². The van der Waals surface area contributed by atoms with Crippen LogP contribution >= 0.6 is 11.8 Å². The molecular weight excluding hydrogens is 144 g/mol. The zero-order valence-corrected chi connectivity index (χ0v) is 7.77. The van der Waals surface area contributed by atoms with Gasteiger partial charge in [0.25, 0.3) is 0 Å². The number of thioether (sulfide) groups is 1. The maximum atomic E-state index is 3.75. The van der Waals surface area contributed by atoms with Gasteiger partial charge in [-0.2, -0.15) is 10.2 Å². The quantitative estimate of drug-likeness (QED) is 0.531. The van der Waals surface area contributed by atoms with Gasteiger partial charge in [-0.25, -0.2) is 0 Å². The Morgan fingerprint density at radius 2 is 1.80 bits per heavy atom. The molecule has 2 nitrogen and oxygen atoms in total. The molecule has 10 heavy (non-hydrogen) atoms. The van der Waals surface area contributed by atoms with Gasteiger partial charge < -0.3 is 0 Å². The lowest BCUT2D eigenvalue weighted by Crippen LogP contribution is -2.17. The Morgan fingerprint density at radius 3 is 2.00 bits per heavy atom. The molecule has 0 radical (unpaired) electrons. The molecule has 1 aliphatic rings. The largest absolute Gasteiger partial charge is 0.162 e. The standard InChI is InChI=1S/C5H8N2S.C2H6/c1-5(2)3-6-7-4-8-5;1-2/h3-4H,1-2H3;1-2H3. The molecule has 1 heterocycles. The lowest BCUT2D eigenvalue weighted by Gasteiger charge is -2.15. The van der Waals surface area contributed by atoms with E-state index in [4.69, 9.17) is 0 Å². The van der Waals surface area contributed by atoms with Crippen LogP contribution in [-0.2, 0) is 0 Å². The van der Waals surface area contributed by atoms with E-state index in [0.717, 1.165) is 0 Å². The Hall–Kier alpha value is -0.310. The topological polar surface area (TPSA) is 24.7 Å². The van der Waals surface area contributed by atoms with Crippen LogP contribution < -0.4 is 0 Å². The van der Waals surface area contributed by atoms with Gasteiger partial charge in [0, 0.05) is 6.21 Å². The minimum Gasteiger partial charge on any atom is -0.162 e. The summed E-state index contributed by atoms with van der Waals surface area (Å²) in [6, 6.07) is 0. The van der Waals surface area contributed by atoms with Gasteiger partial charge in [-0.1, -0.05) is 13.8 Å². The molecule has 0 saturated heterocycles. The van der Waals surface area contributed by atoms with E-state index in [9.17, 15) is 0 Å². The molecule has 1 rings (SSSR count). The summed E-state index contributed by atoms with van der Waals surface area (Å²) in [5.74, 6) is 0. The second-order valence-corrected chi connectivity index (χ2v) is 3.69. The van der Waals surface area contributed by atoms with Crippen molar-refractivity contribution in [1.29, 1.82) is 0 Å². The van der Waals surface area contributed by atoms with Gasteiger partial charge in [0.1, 0.15) is 0 Å². The van der Waals surface area contributed by atoms with E-state index in [1.54, 1.807) is 17.3 Å². The molecule has 0 N–H and O–H groups in total. The van der Waals surface area contributed by atoms with E-state index < -0.39 is 0 Å². The van der Waals surface area contributed by atoms with Gasteiger partial charge in [0.15, 0.2) is 0 Å². The predicted octanol–water partition coefficient (Wildman–Crippen LogP) is 2.55. The summed E-state index contributed by atoms with van der Waals surface area (Å²) in [5, 5.41) is 7.43. The molecule has 0 amide bonds. The number of nitrogens with zero attached hydrogens (tertiary/aromatic N) is 2. The highest BCUT2D eigenvalue weighted by Gasteiger charge is 2.15. The van der Waals surface area contributed by atoms with Crippen LogP contribution in [0.2, 0.25) is 0 Å². The molecule has 58 valence electrons. The van der Waals surface area contributed by atoms with Crippen LogP contribution in [0, 0.1) is 0 Å². The van der Waals surface area contributed by atoms with Crippen molar-refractivity contribution in [2.24, 2.45) is 10.2 Å². The van der Waals surface area contributed by atoms with Crippen LogP contribution in [-0.4, -0.2) is 16.5 Å². The highest BCUT2D eigenvalue weighted by molar-refractivity contribution is 8.13. The van der Waals surface area contributed by atoms with E-state index in [-0.39, 0.29) is 4.75 Å². The fourth-order valence-electron chi connectivity index (χ4n) is 0.389. The monoisotopic (exact) mass is 158 g/mol. The van der Waals surface area contributed by atoms with Gasteiger partial charge in [-0.05, 0) is 13.8 Å². The molecule has 0 aromatic carbocycles. The minimum atomic E-state index is 0.155. The average molecular weight is 158 g/mol. The fraction of sp³-hybridized carbons (Fsp3) is 0.714. The summed E-state index contributed by atoms with van der Waals surface area (Å²) in [6.07, 6.45) is 1.84. The first-order valence-corrected chi connectivity index (χ1v) is 4.32. The number of rotatable bonds is 0. The van der Waals surface area contributed by atoms with Crippen molar-refractivity contribution >= 4 is 23.5 Å². The smallest absolute Gasteiger partial charge is 0.0833 e. The van der Waals surface area contributed by atoms with Gasteiger partial charge >= 0.3 is 0 Å². The van der Waals surface area contributed by atoms with Crippen LogP contribution in [0.3, 0.4) is 0 Å². The van der Waals surface area contributed by atoms with E-state index in [1.165, 1.54) is 0 Å². The minimum absolute atomic E-state index is 0.155. The van der Waals surface area contributed by atoms with Crippen LogP contribution in [0.4, 0.5) is 0 Å². The third-order valence-electron chi connectivity index (χ3n) is 0.839. The summed E-state index contributed by atoms with van der Waals surface area (Å²) >= 11 is 1.68. The van der Waals surface area contributed by atoms with Crippen LogP contribution in [0.15, 0.2) is 10.2 Å². The zero-order chi connectivity index (χ0) is 8.04. The first-order valence-electron chi connectivity index (χ1n) is 3.44. The lowest BCUT2D eigenvalue weighted by molar-refractivity contribution is 0.964. The van der Waals surface area contributed by atoms with Crippen molar-refractivity contribution in [3.63, 3.8) is 0 Å². The van der Waals surface area contributed by atoms with Gasteiger partial charge in [0.2, 0.25) is 0 Å². The molecule has 0 atom stereocenters. The van der Waals surface area contributed by atoms with E-state index >= 15 is 0 Å². The van der Waals surface area contributed by atoms with Gasteiger partial charge in [-0.15, -0.1) is 11.8 Å². The Labute approximate surface area is 66.8 Å². The second kappa shape index (κ2) is 4.50. The maximum absolute atomic E-state index is 3.75. The summed E-state index contributed by atoms with van der Waals surface area (Å²) in [4.78, 5) is 0. The molecule has 0 bridgehead atoms. The summed E-state index contributed by atoms with van der Waals surface area (Å²) in [7, 11) is 0. The molecule has 0 saturated carbocycles. The molecular formula is C7H14N2S. The molecule has 0 spiro atoms.